The van der Waals surface area contributed by atoms with E-state index < -0.39 is 17.6 Å². The molecule has 62 valence electrons. The van der Waals surface area contributed by atoms with Crippen LogP contribution in [0, 0.1) is 11.6 Å². The van der Waals surface area contributed by atoms with E-state index in [9.17, 15) is 13.6 Å². The third kappa shape index (κ3) is 0.879. The standard InChI is InChI=1S/C8H4F2O2/c9-6-1-4-3-12-8(11)5(4)2-7(6)10/h1-2H,3H2. The highest BCUT2D eigenvalue weighted by Gasteiger charge is 2.23. The van der Waals surface area contributed by atoms with Crippen molar-refractivity contribution in [1.29, 1.82) is 0 Å². The minimum Gasteiger partial charge on any atom is -0.457 e. The molecule has 0 spiro atoms. The Morgan fingerprint density at radius 2 is 1.92 bits per heavy atom. The fraction of sp³-hybridized carbons (Fsp3) is 0.125. The van der Waals surface area contributed by atoms with Crippen LogP contribution >= 0.6 is 0 Å². The lowest BCUT2D eigenvalue weighted by Gasteiger charge is -1.94. The van der Waals surface area contributed by atoms with Gasteiger partial charge in [-0.05, 0) is 12.1 Å². The lowest BCUT2D eigenvalue weighted by molar-refractivity contribution is 0.0535. The Kier molecular flexibility index (Phi) is 1.36. The summed E-state index contributed by atoms with van der Waals surface area (Å²) in [6, 6.07) is 1.84. The van der Waals surface area contributed by atoms with Crippen LogP contribution in [-0.4, -0.2) is 5.97 Å². The molecule has 2 rings (SSSR count). The number of cyclic esters (lactones) is 1. The second-order valence-electron chi connectivity index (χ2n) is 2.50. The fourth-order valence-electron chi connectivity index (χ4n) is 1.12. The van der Waals surface area contributed by atoms with Crippen LogP contribution in [0.2, 0.25) is 0 Å². The molecule has 0 aliphatic carbocycles. The highest BCUT2D eigenvalue weighted by atomic mass is 19.2. The first-order valence-corrected chi connectivity index (χ1v) is 3.33. The maximum absolute atomic E-state index is 12.6. The average molecular weight is 170 g/mol. The second kappa shape index (κ2) is 2.27. The molecule has 2 nitrogen and oxygen atoms in total. The van der Waals surface area contributed by atoms with Gasteiger partial charge in [-0.25, -0.2) is 13.6 Å². The van der Waals surface area contributed by atoms with Crippen molar-refractivity contribution in [3.05, 3.63) is 34.9 Å². The lowest BCUT2D eigenvalue weighted by atomic mass is 10.1. The fourth-order valence-corrected chi connectivity index (χ4v) is 1.12. The van der Waals surface area contributed by atoms with Gasteiger partial charge in [0.2, 0.25) is 0 Å². The van der Waals surface area contributed by atoms with Crippen LogP contribution < -0.4 is 0 Å². The highest BCUT2D eigenvalue weighted by Crippen LogP contribution is 2.22. The molecule has 1 aromatic rings. The van der Waals surface area contributed by atoms with Crippen LogP contribution in [0.3, 0.4) is 0 Å². The van der Waals surface area contributed by atoms with Crippen LogP contribution in [0.4, 0.5) is 8.78 Å². The average Bonchev–Trinajstić information content (AvgIpc) is 2.35. The van der Waals surface area contributed by atoms with E-state index in [1.165, 1.54) is 0 Å². The summed E-state index contributed by atoms with van der Waals surface area (Å²) in [4.78, 5) is 10.8. The van der Waals surface area contributed by atoms with Gasteiger partial charge < -0.3 is 4.74 Å². The molecule has 1 aliphatic rings. The summed E-state index contributed by atoms with van der Waals surface area (Å²) in [5.41, 5.74) is 0.521. The molecule has 0 bridgehead atoms. The van der Waals surface area contributed by atoms with E-state index in [0.717, 1.165) is 12.1 Å². The van der Waals surface area contributed by atoms with Gasteiger partial charge in [-0.15, -0.1) is 0 Å². The molecule has 12 heavy (non-hydrogen) atoms. The van der Waals surface area contributed by atoms with Gasteiger partial charge in [-0.2, -0.15) is 0 Å². The Hall–Kier alpha value is -1.45. The molecule has 4 heteroatoms. The van der Waals surface area contributed by atoms with Crippen LogP contribution in [0.15, 0.2) is 12.1 Å². The number of halogens is 2. The van der Waals surface area contributed by atoms with E-state index >= 15 is 0 Å². The molecule has 1 aliphatic heterocycles. The quantitative estimate of drug-likeness (QED) is 0.553. The first-order chi connectivity index (χ1) is 5.68. The summed E-state index contributed by atoms with van der Waals surface area (Å²) in [5.74, 6) is -2.57. The topological polar surface area (TPSA) is 26.3 Å². The Morgan fingerprint density at radius 1 is 1.25 bits per heavy atom. The molecule has 0 atom stereocenters. The van der Waals surface area contributed by atoms with Gasteiger partial charge in [0.05, 0.1) is 5.56 Å². The minimum atomic E-state index is -1.02. The van der Waals surface area contributed by atoms with Crippen molar-refractivity contribution in [2.45, 2.75) is 6.61 Å². The summed E-state index contributed by atoms with van der Waals surface area (Å²) >= 11 is 0. The van der Waals surface area contributed by atoms with E-state index in [-0.39, 0.29) is 12.2 Å². The van der Waals surface area contributed by atoms with Gasteiger partial charge in [0.1, 0.15) is 6.61 Å². The first-order valence-electron chi connectivity index (χ1n) is 3.33. The van der Waals surface area contributed by atoms with Crippen molar-refractivity contribution in [3.63, 3.8) is 0 Å². The Morgan fingerprint density at radius 3 is 2.67 bits per heavy atom. The third-order valence-electron chi connectivity index (χ3n) is 1.72. The smallest absolute Gasteiger partial charge is 0.338 e. The van der Waals surface area contributed by atoms with E-state index in [2.05, 4.69) is 4.74 Å². The highest BCUT2D eigenvalue weighted by molar-refractivity contribution is 5.93. The maximum atomic E-state index is 12.6. The molecular formula is C8H4F2O2. The lowest BCUT2D eigenvalue weighted by Crippen LogP contribution is -1.95. The van der Waals surface area contributed by atoms with E-state index in [4.69, 9.17) is 0 Å². The summed E-state index contributed by atoms with van der Waals surface area (Å²) in [6.45, 7) is 0.0331. The summed E-state index contributed by atoms with van der Waals surface area (Å²) in [7, 11) is 0. The third-order valence-corrected chi connectivity index (χ3v) is 1.72. The number of carbonyl (C=O) groups is 1. The number of benzene rings is 1. The Bertz CT molecular complexity index is 360. The van der Waals surface area contributed by atoms with Gasteiger partial charge in [0, 0.05) is 5.56 Å². The van der Waals surface area contributed by atoms with Crippen molar-refractivity contribution in [2.24, 2.45) is 0 Å². The number of hydrogen-bond acceptors (Lipinski definition) is 2. The number of hydrogen-bond donors (Lipinski definition) is 0. The van der Waals surface area contributed by atoms with Crippen molar-refractivity contribution < 1.29 is 18.3 Å². The van der Waals surface area contributed by atoms with Crippen LogP contribution in [0.25, 0.3) is 0 Å². The van der Waals surface area contributed by atoms with Crippen molar-refractivity contribution in [1.82, 2.24) is 0 Å². The SMILES string of the molecule is O=C1OCc2cc(F)c(F)cc21. The molecule has 1 heterocycles. The molecule has 0 N–H and O–H groups in total. The summed E-state index contributed by atoms with van der Waals surface area (Å²) in [6.07, 6.45) is 0. The van der Waals surface area contributed by atoms with Gasteiger partial charge in [-0.1, -0.05) is 0 Å². The van der Waals surface area contributed by atoms with Crippen LogP contribution in [-0.2, 0) is 11.3 Å². The Balaban J connectivity index is 2.63. The first kappa shape index (κ1) is 7.21. The number of carbonyl (C=O) groups excluding carboxylic acids is 1. The number of rotatable bonds is 0. The van der Waals surface area contributed by atoms with Crippen LogP contribution in [0.1, 0.15) is 15.9 Å². The van der Waals surface area contributed by atoms with Crippen LogP contribution in [0.5, 0.6) is 0 Å². The number of fused-ring (bicyclic) bond motifs is 1. The van der Waals surface area contributed by atoms with Crippen molar-refractivity contribution in [3.8, 4) is 0 Å². The zero-order valence-corrected chi connectivity index (χ0v) is 5.93. The van der Waals surface area contributed by atoms with E-state index in [0.29, 0.717) is 5.56 Å². The van der Waals surface area contributed by atoms with E-state index in [1.807, 2.05) is 0 Å². The zero-order valence-electron chi connectivity index (χ0n) is 5.93. The van der Waals surface area contributed by atoms with Gasteiger partial charge in [0.15, 0.2) is 11.6 Å². The normalized spacial score (nSPS) is 14.3. The van der Waals surface area contributed by atoms with Crippen molar-refractivity contribution in [2.75, 3.05) is 0 Å². The van der Waals surface area contributed by atoms with Gasteiger partial charge >= 0.3 is 5.97 Å². The molecular weight excluding hydrogens is 166 g/mol. The minimum absolute atomic E-state index is 0.0331. The Labute approximate surface area is 66.8 Å². The maximum Gasteiger partial charge on any atom is 0.338 e. The largest absolute Gasteiger partial charge is 0.457 e. The monoisotopic (exact) mass is 170 g/mol. The zero-order chi connectivity index (χ0) is 8.72. The summed E-state index contributed by atoms with van der Waals surface area (Å²) < 4.78 is 29.7. The second-order valence-corrected chi connectivity index (χ2v) is 2.50. The summed E-state index contributed by atoms with van der Waals surface area (Å²) in [5, 5.41) is 0. The molecule has 0 saturated heterocycles. The molecule has 0 amide bonds. The molecule has 0 radical (unpaired) electrons. The predicted molar refractivity (Wildman–Crippen MR) is 35.5 cm³/mol. The van der Waals surface area contributed by atoms with Gasteiger partial charge in [-0.3, -0.25) is 0 Å². The predicted octanol–water partition coefficient (Wildman–Crippen LogP) is 1.64. The van der Waals surface area contributed by atoms with Crippen molar-refractivity contribution >= 4 is 5.97 Å². The molecule has 0 fully saturated rings. The molecule has 0 unspecified atom stereocenters. The molecule has 0 aromatic heterocycles. The van der Waals surface area contributed by atoms with E-state index in [1.54, 1.807) is 0 Å². The number of ether oxygens (including phenoxy) is 1. The number of esters is 1. The van der Waals surface area contributed by atoms with Gasteiger partial charge in [0.25, 0.3) is 0 Å². The molecule has 0 saturated carbocycles. The molecule has 1 aromatic carbocycles.